The zero-order valence-electron chi connectivity index (χ0n) is 9.49. The van der Waals surface area contributed by atoms with Gasteiger partial charge in [-0.3, -0.25) is 0 Å². The molecule has 2 aromatic rings. The summed E-state index contributed by atoms with van der Waals surface area (Å²) in [7, 11) is 0. The van der Waals surface area contributed by atoms with Crippen LogP contribution in [0.25, 0.3) is 10.6 Å². The molecular weight excluding hydrogens is 256 g/mol. The van der Waals surface area contributed by atoms with Gasteiger partial charge in [0.1, 0.15) is 16.6 Å². The Labute approximate surface area is 107 Å². The van der Waals surface area contributed by atoms with Crippen LogP contribution < -0.4 is 0 Å². The summed E-state index contributed by atoms with van der Waals surface area (Å²) in [5.41, 5.74) is 0.903. The number of aliphatic hydroxyl groups excluding tert-OH is 1. The van der Waals surface area contributed by atoms with E-state index in [-0.39, 0.29) is 12.0 Å². The molecule has 1 fully saturated rings. The molecule has 2 nitrogen and oxygen atoms in total. The third-order valence-corrected chi connectivity index (χ3v) is 4.24. The molecule has 0 atom stereocenters. The quantitative estimate of drug-likeness (QED) is 0.927. The first-order valence-corrected chi connectivity index (χ1v) is 6.55. The van der Waals surface area contributed by atoms with Crippen molar-refractivity contribution in [1.29, 1.82) is 0 Å². The molecule has 1 aliphatic rings. The highest BCUT2D eigenvalue weighted by atomic mass is 32.1. The van der Waals surface area contributed by atoms with Gasteiger partial charge >= 0.3 is 0 Å². The Hall–Kier alpha value is -1.33. The zero-order valence-corrected chi connectivity index (χ0v) is 10.3. The maximum absolute atomic E-state index is 13.6. The molecule has 0 aliphatic heterocycles. The highest BCUT2D eigenvalue weighted by Crippen LogP contribution is 2.48. The van der Waals surface area contributed by atoms with E-state index >= 15 is 0 Å². The minimum atomic E-state index is -0.607. The van der Waals surface area contributed by atoms with Gasteiger partial charge in [-0.1, -0.05) is 0 Å². The summed E-state index contributed by atoms with van der Waals surface area (Å²) in [5.74, 6) is -1.20. The predicted molar refractivity (Wildman–Crippen MR) is 65.5 cm³/mol. The fraction of sp³-hybridized carbons (Fsp3) is 0.308. The summed E-state index contributed by atoms with van der Waals surface area (Å²) >= 11 is 1.32. The van der Waals surface area contributed by atoms with E-state index in [2.05, 4.69) is 4.98 Å². The Balaban J connectivity index is 1.98. The lowest BCUT2D eigenvalue weighted by atomic mass is 10.1. The third-order valence-electron chi connectivity index (χ3n) is 3.37. The van der Waals surface area contributed by atoms with Crippen molar-refractivity contribution < 1.29 is 13.9 Å². The van der Waals surface area contributed by atoms with E-state index in [9.17, 15) is 13.9 Å². The minimum absolute atomic E-state index is 0.0715. The molecule has 1 N–H and O–H groups in total. The Morgan fingerprint density at radius 2 is 2.11 bits per heavy atom. The molecular formula is C13H11F2NOS. The molecule has 0 amide bonds. The summed E-state index contributed by atoms with van der Waals surface area (Å²) in [6, 6.07) is 3.47. The van der Waals surface area contributed by atoms with E-state index in [4.69, 9.17) is 0 Å². The van der Waals surface area contributed by atoms with Crippen LogP contribution in [0.3, 0.4) is 0 Å². The van der Waals surface area contributed by atoms with Crippen LogP contribution >= 0.6 is 11.3 Å². The molecule has 18 heavy (non-hydrogen) atoms. The summed E-state index contributed by atoms with van der Waals surface area (Å²) in [6.07, 6.45) is 1.83. The molecule has 1 aromatic carbocycles. The van der Waals surface area contributed by atoms with Gasteiger partial charge in [0.05, 0.1) is 12.3 Å². The zero-order chi connectivity index (χ0) is 12.8. The van der Waals surface area contributed by atoms with Gasteiger partial charge < -0.3 is 5.11 Å². The topological polar surface area (TPSA) is 33.1 Å². The summed E-state index contributed by atoms with van der Waals surface area (Å²) in [6.45, 7) is 0.0715. The largest absolute Gasteiger partial charge is 0.395 e. The Kier molecular flexibility index (Phi) is 2.68. The van der Waals surface area contributed by atoms with Crippen molar-refractivity contribution in [2.75, 3.05) is 6.61 Å². The number of benzene rings is 1. The first kappa shape index (κ1) is 11.7. The summed E-state index contributed by atoms with van der Waals surface area (Å²) < 4.78 is 26.4. The number of thiazole rings is 1. The Morgan fingerprint density at radius 3 is 2.72 bits per heavy atom. The molecule has 0 spiro atoms. The lowest BCUT2D eigenvalue weighted by molar-refractivity contribution is 0.253. The van der Waals surface area contributed by atoms with Crippen LogP contribution in [0.1, 0.15) is 18.5 Å². The maximum atomic E-state index is 13.6. The Morgan fingerprint density at radius 1 is 1.33 bits per heavy atom. The van der Waals surface area contributed by atoms with Crippen molar-refractivity contribution in [2.24, 2.45) is 0 Å². The summed E-state index contributed by atoms with van der Waals surface area (Å²) in [5, 5.41) is 11.7. The Bertz CT molecular complexity index is 592. The van der Waals surface area contributed by atoms with Crippen LogP contribution in [0.5, 0.6) is 0 Å². The molecule has 0 radical (unpaired) electrons. The molecule has 1 aromatic heterocycles. The smallest absolute Gasteiger partial charge is 0.136 e. The van der Waals surface area contributed by atoms with Gasteiger partial charge in [-0.25, -0.2) is 13.8 Å². The number of rotatable bonds is 3. The van der Waals surface area contributed by atoms with E-state index in [0.29, 0.717) is 10.6 Å². The highest BCUT2D eigenvalue weighted by molar-refractivity contribution is 7.13. The van der Waals surface area contributed by atoms with Crippen LogP contribution in [0, 0.1) is 11.6 Å². The molecule has 0 bridgehead atoms. The van der Waals surface area contributed by atoms with Crippen molar-refractivity contribution in [2.45, 2.75) is 18.3 Å². The van der Waals surface area contributed by atoms with E-state index in [1.807, 2.05) is 5.38 Å². The van der Waals surface area contributed by atoms with Crippen LogP contribution in [0.4, 0.5) is 8.78 Å². The van der Waals surface area contributed by atoms with Crippen molar-refractivity contribution in [1.82, 2.24) is 4.98 Å². The molecule has 94 valence electrons. The van der Waals surface area contributed by atoms with E-state index in [0.717, 1.165) is 24.6 Å². The molecule has 1 saturated carbocycles. The molecule has 0 unspecified atom stereocenters. The van der Waals surface area contributed by atoms with Crippen LogP contribution in [-0.2, 0) is 5.41 Å². The predicted octanol–water partition coefficient (Wildman–Crippen LogP) is 3.11. The lowest BCUT2D eigenvalue weighted by Gasteiger charge is -2.06. The first-order valence-electron chi connectivity index (χ1n) is 5.67. The molecule has 1 aliphatic carbocycles. The number of nitrogens with zero attached hydrogens (tertiary/aromatic N) is 1. The number of aliphatic hydroxyl groups is 1. The first-order chi connectivity index (χ1) is 8.64. The number of aromatic nitrogens is 1. The van der Waals surface area contributed by atoms with Gasteiger partial charge in [-0.2, -0.15) is 0 Å². The normalized spacial score (nSPS) is 16.8. The number of halogens is 2. The highest BCUT2D eigenvalue weighted by Gasteiger charge is 2.45. The molecule has 3 rings (SSSR count). The SMILES string of the molecule is OCC1(c2csc(-c3ccc(F)cc3F)n2)CC1. The van der Waals surface area contributed by atoms with Crippen molar-refractivity contribution >= 4 is 11.3 Å². The second-order valence-corrected chi connectivity index (χ2v) is 5.46. The average Bonchev–Trinajstić information content (AvgIpc) is 3.00. The van der Waals surface area contributed by atoms with E-state index < -0.39 is 11.6 Å². The second-order valence-electron chi connectivity index (χ2n) is 4.60. The monoisotopic (exact) mass is 267 g/mol. The minimum Gasteiger partial charge on any atom is -0.395 e. The molecule has 0 saturated heterocycles. The molecule has 1 heterocycles. The van der Waals surface area contributed by atoms with Crippen LogP contribution in [0.15, 0.2) is 23.6 Å². The van der Waals surface area contributed by atoms with Crippen LogP contribution in [0.2, 0.25) is 0 Å². The second kappa shape index (κ2) is 4.10. The maximum Gasteiger partial charge on any atom is 0.136 e. The third kappa shape index (κ3) is 1.83. The van der Waals surface area contributed by atoms with Gasteiger partial charge in [0.15, 0.2) is 0 Å². The van der Waals surface area contributed by atoms with Crippen molar-refractivity contribution in [3.05, 3.63) is 40.9 Å². The number of hydrogen-bond donors (Lipinski definition) is 1. The lowest BCUT2D eigenvalue weighted by Crippen LogP contribution is -2.12. The van der Waals surface area contributed by atoms with Gasteiger partial charge in [-0.15, -0.1) is 11.3 Å². The van der Waals surface area contributed by atoms with Crippen molar-refractivity contribution in [3.8, 4) is 10.6 Å². The van der Waals surface area contributed by atoms with Crippen molar-refractivity contribution in [3.63, 3.8) is 0 Å². The van der Waals surface area contributed by atoms with Gasteiger partial charge in [-0.05, 0) is 25.0 Å². The standard InChI is InChI=1S/C13H11F2NOS/c14-8-1-2-9(10(15)5-8)12-16-11(6-18-12)13(7-17)3-4-13/h1-2,5-6,17H,3-4,7H2. The van der Waals surface area contributed by atoms with Gasteiger partial charge in [0.2, 0.25) is 0 Å². The van der Waals surface area contributed by atoms with E-state index in [1.54, 1.807) is 0 Å². The van der Waals surface area contributed by atoms with Crippen LogP contribution in [-0.4, -0.2) is 16.7 Å². The average molecular weight is 267 g/mol. The fourth-order valence-corrected chi connectivity index (χ4v) is 2.92. The van der Waals surface area contributed by atoms with Gasteiger partial charge in [0, 0.05) is 22.4 Å². The van der Waals surface area contributed by atoms with Gasteiger partial charge in [0.25, 0.3) is 0 Å². The fourth-order valence-electron chi connectivity index (χ4n) is 1.95. The molecule has 5 heteroatoms. The summed E-state index contributed by atoms with van der Waals surface area (Å²) in [4.78, 5) is 4.37. The van der Waals surface area contributed by atoms with E-state index in [1.165, 1.54) is 23.5 Å². The number of hydrogen-bond acceptors (Lipinski definition) is 3.